The molecule has 0 bridgehead atoms. The van der Waals surface area contributed by atoms with Crippen molar-refractivity contribution in [1.29, 1.82) is 0 Å². The van der Waals surface area contributed by atoms with Gasteiger partial charge >= 0.3 is 6.03 Å². The number of amides is 2. The van der Waals surface area contributed by atoms with E-state index in [0.29, 0.717) is 42.5 Å². The Morgan fingerprint density at radius 2 is 1.87 bits per heavy atom. The molecule has 2 atom stereocenters. The minimum Gasteiger partial charge on any atom is -0.508 e. The van der Waals surface area contributed by atoms with Crippen molar-refractivity contribution >= 4 is 29.8 Å². The molecule has 6 rings (SSSR count). The average molecular weight is 525 g/mol. The summed E-state index contributed by atoms with van der Waals surface area (Å²) in [6, 6.07) is 13.9. The Morgan fingerprint density at radius 3 is 2.59 bits per heavy atom. The van der Waals surface area contributed by atoms with Crippen molar-refractivity contribution in [2.24, 2.45) is 15.9 Å². The number of carbonyl (C=O) groups excluding carboxylic acids is 2. The third kappa shape index (κ3) is 4.18. The molecule has 198 valence electrons. The SMILES string of the molecule is COc1ccc(C23NC(=O)N(Cc4ccc(O)cc4)C2=NC=Nc2c3ncn2CC2=CCC(=O)C(C)C2)cc1. The summed E-state index contributed by atoms with van der Waals surface area (Å²) in [6.07, 6.45) is 6.31. The number of Topliss-reactive ketones (excluding diaryl/α,β-unsaturated/α-hetero) is 1. The maximum absolute atomic E-state index is 13.6. The second-order valence-corrected chi connectivity index (χ2v) is 10.0. The molecule has 3 aliphatic rings. The molecule has 2 aliphatic heterocycles. The van der Waals surface area contributed by atoms with Gasteiger partial charge in [0.15, 0.2) is 17.2 Å². The Balaban J connectivity index is 1.45. The molecule has 10 heteroatoms. The van der Waals surface area contributed by atoms with Gasteiger partial charge < -0.3 is 19.7 Å². The lowest BCUT2D eigenvalue weighted by atomic mass is 9.85. The van der Waals surface area contributed by atoms with Gasteiger partial charge in [-0.2, -0.15) is 0 Å². The van der Waals surface area contributed by atoms with E-state index in [1.807, 2.05) is 41.8 Å². The summed E-state index contributed by atoms with van der Waals surface area (Å²) in [4.78, 5) is 41.3. The van der Waals surface area contributed by atoms with Gasteiger partial charge in [0.25, 0.3) is 0 Å². The topological polar surface area (TPSA) is 121 Å². The normalized spacial score (nSPS) is 22.0. The van der Waals surface area contributed by atoms with Crippen LogP contribution in [0.3, 0.4) is 0 Å². The summed E-state index contributed by atoms with van der Waals surface area (Å²) in [6.45, 7) is 2.74. The van der Waals surface area contributed by atoms with Crippen LogP contribution in [0.2, 0.25) is 0 Å². The van der Waals surface area contributed by atoms with Crippen molar-refractivity contribution < 1.29 is 19.4 Å². The number of benzene rings is 2. The van der Waals surface area contributed by atoms with Crippen LogP contribution >= 0.6 is 0 Å². The van der Waals surface area contributed by atoms with Crippen LogP contribution in [0.5, 0.6) is 11.5 Å². The number of nitrogens with one attached hydrogen (secondary N) is 1. The number of nitrogens with zero attached hydrogens (tertiary/aromatic N) is 5. The van der Waals surface area contributed by atoms with E-state index >= 15 is 0 Å². The molecule has 0 spiro atoms. The van der Waals surface area contributed by atoms with E-state index in [0.717, 1.165) is 16.7 Å². The number of urea groups is 1. The van der Waals surface area contributed by atoms with Crippen LogP contribution in [-0.2, 0) is 23.4 Å². The Kier molecular flexibility index (Phi) is 6.02. The fourth-order valence-electron chi connectivity index (χ4n) is 5.44. The Morgan fingerprint density at radius 1 is 1.10 bits per heavy atom. The van der Waals surface area contributed by atoms with Crippen LogP contribution in [0, 0.1) is 5.92 Å². The lowest BCUT2D eigenvalue weighted by molar-refractivity contribution is -0.121. The number of amidine groups is 1. The van der Waals surface area contributed by atoms with E-state index in [2.05, 4.69) is 10.3 Å². The van der Waals surface area contributed by atoms with E-state index in [-0.39, 0.29) is 30.0 Å². The number of hydrogen-bond acceptors (Lipinski definition) is 7. The van der Waals surface area contributed by atoms with Crippen molar-refractivity contribution in [1.82, 2.24) is 19.8 Å². The second-order valence-electron chi connectivity index (χ2n) is 10.0. The summed E-state index contributed by atoms with van der Waals surface area (Å²) >= 11 is 0. The molecule has 1 aromatic heterocycles. The highest BCUT2D eigenvalue weighted by atomic mass is 16.5. The molecule has 0 saturated carbocycles. The van der Waals surface area contributed by atoms with Gasteiger partial charge in [-0.3, -0.25) is 9.69 Å². The second kappa shape index (κ2) is 9.54. The molecule has 1 aliphatic carbocycles. The van der Waals surface area contributed by atoms with Gasteiger partial charge in [-0.25, -0.2) is 19.8 Å². The highest BCUT2D eigenvalue weighted by Gasteiger charge is 2.55. The fraction of sp³-hybridized carbons (Fsp3) is 0.276. The number of imidazole rings is 1. The summed E-state index contributed by atoms with van der Waals surface area (Å²) in [5.41, 5.74) is 2.10. The van der Waals surface area contributed by atoms with Gasteiger partial charge in [0.2, 0.25) is 0 Å². The number of methoxy groups -OCH3 is 1. The molecule has 3 aromatic rings. The molecular formula is C29H28N6O4. The number of carbonyl (C=O) groups is 2. The molecular weight excluding hydrogens is 496 g/mol. The highest BCUT2D eigenvalue weighted by Crippen LogP contribution is 2.43. The number of ether oxygens (including phenoxy) is 1. The Labute approximate surface area is 225 Å². The number of rotatable bonds is 6. The zero-order chi connectivity index (χ0) is 27.1. The number of ketones is 1. The van der Waals surface area contributed by atoms with Crippen molar-refractivity contribution in [3.63, 3.8) is 0 Å². The van der Waals surface area contributed by atoms with Crippen LogP contribution in [-0.4, -0.2) is 50.7 Å². The molecule has 2 amide bonds. The maximum atomic E-state index is 13.6. The molecule has 10 nitrogen and oxygen atoms in total. The molecule has 2 N–H and O–H groups in total. The minimum atomic E-state index is -1.19. The Bertz CT molecular complexity index is 1540. The predicted octanol–water partition coefficient (Wildman–Crippen LogP) is 4.06. The smallest absolute Gasteiger partial charge is 0.324 e. The maximum Gasteiger partial charge on any atom is 0.324 e. The monoisotopic (exact) mass is 524 g/mol. The average Bonchev–Trinajstić information content (AvgIpc) is 3.41. The van der Waals surface area contributed by atoms with Crippen molar-refractivity contribution in [3.8, 4) is 11.5 Å². The van der Waals surface area contributed by atoms with Crippen LogP contribution in [0.15, 0.2) is 76.5 Å². The van der Waals surface area contributed by atoms with Crippen LogP contribution in [0.1, 0.15) is 36.6 Å². The lowest BCUT2D eigenvalue weighted by Gasteiger charge is -2.28. The highest BCUT2D eigenvalue weighted by molar-refractivity contribution is 6.15. The number of aromatic nitrogens is 2. The third-order valence-electron chi connectivity index (χ3n) is 7.54. The third-order valence-corrected chi connectivity index (χ3v) is 7.54. The molecule has 2 aromatic carbocycles. The van der Waals surface area contributed by atoms with Gasteiger partial charge in [-0.05, 0) is 41.8 Å². The van der Waals surface area contributed by atoms with Gasteiger partial charge in [0.1, 0.15) is 29.3 Å². The predicted molar refractivity (Wildman–Crippen MR) is 145 cm³/mol. The molecule has 1 saturated heterocycles. The van der Waals surface area contributed by atoms with Gasteiger partial charge in [-0.1, -0.05) is 42.8 Å². The van der Waals surface area contributed by atoms with E-state index in [9.17, 15) is 14.7 Å². The number of phenols is 1. The number of aromatic hydroxyl groups is 1. The Hall–Kier alpha value is -4.73. The van der Waals surface area contributed by atoms with E-state index in [1.165, 1.54) is 6.34 Å². The van der Waals surface area contributed by atoms with Gasteiger partial charge in [-0.15, -0.1) is 0 Å². The fourth-order valence-corrected chi connectivity index (χ4v) is 5.44. The van der Waals surface area contributed by atoms with Crippen LogP contribution < -0.4 is 10.1 Å². The quantitative estimate of drug-likeness (QED) is 0.471. The molecule has 0 radical (unpaired) electrons. The largest absolute Gasteiger partial charge is 0.508 e. The molecule has 3 heterocycles. The first-order valence-electron chi connectivity index (χ1n) is 12.8. The van der Waals surface area contributed by atoms with E-state index in [1.54, 1.807) is 42.6 Å². The van der Waals surface area contributed by atoms with Crippen molar-refractivity contribution in [3.05, 3.63) is 83.3 Å². The van der Waals surface area contributed by atoms with Crippen molar-refractivity contribution in [2.45, 2.75) is 38.4 Å². The lowest BCUT2D eigenvalue weighted by Crippen LogP contribution is -2.45. The number of fused-ring (bicyclic) bond motifs is 3. The summed E-state index contributed by atoms with van der Waals surface area (Å²) in [5, 5.41) is 12.9. The zero-order valence-electron chi connectivity index (χ0n) is 21.7. The number of phenolic OH excluding ortho intramolecular Hbond substituents is 1. The standard InChI is InChI=1S/C29H28N6O4/c1-18-13-20(5-12-24(18)37)14-34-17-32-25-26(34)30-16-31-27-29(25,21-6-10-23(39-2)11-7-21)33-28(38)35(27)15-19-3-8-22(36)9-4-19/h3-11,16-18,36H,12-15H2,1-2H3,(H,33,38). The molecule has 39 heavy (non-hydrogen) atoms. The minimum absolute atomic E-state index is 0.0150. The zero-order valence-corrected chi connectivity index (χ0v) is 21.7. The summed E-state index contributed by atoms with van der Waals surface area (Å²) in [5.74, 6) is 2.11. The van der Waals surface area contributed by atoms with Crippen LogP contribution in [0.4, 0.5) is 10.6 Å². The van der Waals surface area contributed by atoms with Crippen molar-refractivity contribution in [2.75, 3.05) is 7.11 Å². The number of aliphatic imine (C=N–C) groups is 2. The first-order valence-corrected chi connectivity index (χ1v) is 12.8. The summed E-state index contributed by atoms with van der Waals surface area (Å²) in [7, 11) is 1.60. The first kappa shape index (κ1) is 24.6. The van der Waals surface area contributed by atoms with Gasteiger partial charge in [0.05, 0.1) is 20.0 Å². The molecule has 1 fully saturated rings. The van der Waals surface area contributed by atoms with Gasteiger partial charge in [0, 0.05) is 18.9 Å². The summed E-state index contributed by atoms with van der Waals surface area (Å²) < 4.78 is 7.32. The number of allylic oxidation sites excluding steroid dienone is 2. The van der Waals surface area contributed by atoms with E-state index in [4.69, 9.17) is 14.7 Å². The van der Waals surface area contributed by atoms with E-state index < -0.39 is 5.54 Å². The van der Waals surface area contributed by atoms with Crippen LogP contribution in [0.25, 0.3) is 0 Å². The number of hydrogen-bond donors (Lipinski definition) is 2. The molecule has 2 unspecified atom stereocenters. The first-order chi connectivity index (χ1) is 18.9.